The van der Waals surface area contributed by atoms with Crippen molar-refractivity contribution in [2.75, 3.05) is 33.4 Å². The van der Waals surface area contributed by atoms with Crippen molar-refractivity contribution in [2.45, 2.75) is 26.7 Å². The molecular weight excluding hydrogens is 394 g/mol. The zero-order valence-corrected chi connectivity index (χ0v) is 19.4. The summed E-state index contributed by atoms with van der Waals surface area (Å²) < 4.78 is 11.5. The lowest BCUT2D eigenvalue weighted by atomic mass is 9.79. The Bertz CT molecular complexity index is 1050. The average Bonchev–Trinajstić information content (AvgIpc) is 2.86. The highest BCUT2D eigenvalue weighted by molar-refractivity contribution is 6.00. The molecule has 3 aromatic carbocycles. The third-order valence-corrected chi connectivity index (χ3v) is 6.36. The van der Waals surface area contributed by atoms with E-state index in [4.69, 9.17) is 9.47 Å². The highest BCUT2D eigenvalue weighted by atomic mass is 16.5. The Labute approximate surface area is 192 Å². The summed E-state index contributed by atoms with van der Waals surface area (Å²) in [4.78, 5) is 2.37. The fourth-order valence-electron chi connectivity index (χ4n) is 4.50. The predicted molar refractivity (Wildman–Crippen MR) is 133 cm³/mol. The van der Waals surface area contributed by atoms with Crippen LogP contribution in [0.15, 0.2) is 72.8 Å². The van der Waals surface area contributed by atoms with Crippen molar-refractivity contribution in [3.05, 3.63) is 95.1 Å². The number of methoxy groups -OCH3 is 1. The van der Waals surface area contributed by atoms with E-state index in [0.717, 1.165) is 44.0 Å². The highest BCUT2D eigenvalue weighted by Gasteiger charge is 2.22. The molecule has 0 aromatic heterocycles. The number of hydrogen-bond donors (Lipinski definition) is 0. The van der Waals surface area contributed by atoms with Crippen molar-refractivity contribution in [2.24, 2.45) is 0 Å². The number of rotatable bonds is 9. The lowest BCUT2D eigenvalue weighted by molar-refractivity contribution is 0.223. The van der Waals surface area contributed by atoms with Crippen LogP contribution < -0.4 is 9.47 Å². The Hall–Kier alpha value is -3.04. The maximum atomic E-state index is 6.02. The summed E-state index contributed by atoms with van der Waals surface area (Å²) >= 11 is 0. The molecule has 4 rings (SSSR count). The molecule has 166 valence electrons. The van der Waals surface area contributed by atoms with Crippen molar-refractivity contribution in [1.82, 2.24) is 4.90 Å². The van der Waals surface area contributed by atoms with E-state index in [1.807, 2.05) is 0 Å². The second kappa shape index (κ2) is 10.5. The van der Waals surface area contributed by atoms with Gasteiger partial charge in [-0.25, -0.2) is 0 Å². The summed E-state index contributed by atoms with van der Waals surface area (Å²) in [5, 5.41) is 0. The molecule has 0 amide bonds. The Kier molecular flexibility index (Phi) is 7.28. The minimum atomic E-state index is 0.710. The number of ether oxygens (including phenoxy) is 2. The van der Waals surface area contributed by atoms with Crippen molar-refractivity contribution in [1.29, 1.82) is 0 Å². The Morgan fingerprint density at radius 2 is 1.50 bits per heavy atom. The Balaban J connectivity index is 1.66. The summed E-state index contributed by atoms with van der Waals surface area (Å²) in [5.74, 6) is 1.84. The van der Waals surface area contributed by atoms with Gasteiger partial charge in [0.25, 0.3) is 0 Å². The molecule has 0 atom stereocenters. The minimum absolute atomic E-state index is 0.710. The van der Waals surface area contributed by atoms with E-state index in [0.29, 0.717) is 6.61 Å². The molecule has 0 saturated carbocycles. The first kappa shape index (κ1) is 22.2. The third kappa shape index (κ3) is 4.89. The number of hydrogen-bond acceptors (Lipinski definition) is 3. The predicted octanol–water partition coefficient (Wildman–Crippen LogP) is 6.32. The summed E-state index contributed by atoms with van der Waals surface area (Å²) in [7, 11) is 1.73. The second-order valence-electron chi connectivity index (χ2n) is 8.14. The monoisotopic (exact) mass is 427 g/mol. The van der Waals surface area contributed by atoms with Crippen molar-refractivity contribution in [3.8, 4) is 11.5 Å². The quantitative estimate of drug-likeness (QED) is 0.399. The molecule has 0 aliphatic heterocycles. The van der Waals surface area contributed by atoms with Crippen LogP contribution in [-0.2, 0) is 6.42 Å². The molecule has 3 aromatic rings. The van der Waals surface area contributed by atoms with Crippen LogP contribution in [0.25, 0.3) is 11.1 Å². The van der Waals surface area contributed by atoms with E-state index in [2.05, 4.69) is 91.5 Å². The molecule has 0 heterocycles. The van der Waals surface area contributed by atoms with Gasteiger partial charge in [0.2, 0.25) is 0 Å². The van der Waals surface area contributed by atoms with Crippen LogP contribution in [0.3, 0.4) is 0 Å². The van der Waals surface area contributed by atoms with Gasteiger partial charge in [-0.15, -0.1) is 0 Å². The van der Waals surface area contributed by atoms with E-state index in [1.54, 1.807) is 7.11 Å². The lowest BCUT2D eigenvalue weighted by Gasteiger charge is -2.25. The molecule has 0 N–H and O–H groups in total. The van der Waals surface area contributed by atoms with Crippen molar-refractivity contribution >= 4 is 11.1 Å². The van der Waals surface area contributed by atoms with Gasteiger partial charge < -0.3 is 14.4 Å². The van der Waals surface area contributed by atoms with Crippen molar-refractivity contribution < 1.29 is 9.47 Å². The topological polar surface area (TPSA) is 21.7 Å². The SMILES string of the molecule is CCN(CC)CCOc1ccc(C2=C(c3ccccc3)CCc3cc(OC)ccc32)cc1. The van der Waals surface area contributed by atoms with Gasteiger partial charge in [0.15, 0.2) is 0 Å². The van der Waals surface area contributed by atoms with E-state index in [9.17, 15) is 0 Å². The molecular formula is C29H33NO2. The molecule has 32 heavy (non-hydrogen) atoms. The average molecular weight is 428 g/mol. The first-order valence-electron chi connectivity index (χ1n) is 11.6. The van der Waals surface area contributed by atoms with Gasteiger partial charge in [0.05, 0.1) is 7.11 Å². The Morgan fingerprint density at radius 3 is 2.19 bits per heavy atom. The van der Waals surface area contributed by atoms with Crippen LogP contribution in [-0.4, -0.2) is 38.3 Å². The number of allylic oxidation sites excluding steroid dienone is 1. The molecule has 0 radical (unpaired) electrons. The molecule has 1 aliphatic rings. The minimum Gasteiger partial charge on any atom is -0.497 e. The largest absolute Gasteiger partial charge is 0.497 e. The van der Waals surface area contributed by atoms with E-state index >= 15 is 0 Å². The van der Waals surface area contributed by atoms with Gasteiger partial charge in [0, 0.05) is 6.54 Å². The Morgan fingerprint density at radius 1 is 0.781 bits per heavy atom. The number of aryl methyl sites for hydroxylation is 1. The zero-order chi connectivity index (χ0) is 22.3. The summed E-state index contributed by atoms with van der Waals surface area (Å²) in [6.07, 6.45) is 2.04. The van der Waals surface area contributed by atoms with Gasteiger partial charge in [-0.05, 0) is 83.6 Å². The van der Waals surface area contributed by atoms with Crippen LogP contribution >= 0.6 is 0 Å². The standard InChI is InChI=1S/C29H33NO2/c1-4-30(5-2)19-20-32-25-14-11-23(12-15-25)29-27(22-9-7-6-8-10-22)17-13-24-21-26(31-3)16-18-28(24)29/h6-12,14-16,18,21H,4-5,13,17,19-20H2,1-3H3. The molecule has 0 unspecified atom stereocenters. The molecule has 0 fully saturated rings. The van der Waals surface area contributed by atoms with Gasteiger partial charge in [-0.3, -0.25) is 0 Å². The van der Waals surface area contributed by atoms with E-state index in [-0.39, 0.29) is 0 Å². The fourth-order valence-corrected chi connectivity index (χ4v) is 4.50. The van der Waals surface area contributed by atoms with Gasteiger partial charge >= 0.3 is 0 Å². The van der Waals surface area contributed by atoms with Crippen LogP contribution in [0.4, 0.5) is 0 Å². The van der Waals surface area contributed by atoms with Crippen molar-refractivity contribution in [3.63, 3.8) is 0 Å². The maximum Gasteiger partial charge on any atom is 0.119 e. The molecule has 3 heteroatoms. The normalized spacial score (nSPS) is 13.2. The van der Waals surface area contributed by atoms with Gasteiger partial charge in [-0.1, -0.05) is 62.4 Å². The summed E-state index contributed by atoms with van der Waals surface area (Å²) in [6.45, 7) is 8.15. The van der Waals surface area contributed by atoms with Gasteiger partial charge in [0.1, 0.15) is 18.1 Å². The smallest absolute Gasteiger partial charge is 0.119 e. The lowest BCUT2D eigenvalue weighted by Crippen LogP contribution is -2.27. The molecule has 3 nitrogen and oxygen atoms in total. The zero-order valence-electron chi connectivity index (χ0n) is 19.4. The van der Waals surface area contributed by atoms with Crippen LogP contribution in [0.2, 0.25) is 0 Å². The van der Waals surface area contributed by atoms with E-state index < -0.39 is 0 Å². The first-order valence-corrected chi connectivity index (χ1v) is 11.6. The van der Waals surface area contributed by atoms with Crippen LogP contribution in [0, 0.1) is 0 Å². The van der Waals surface area contributed by atoms with Crippen LogP contribution in [0.5, 0.6) is 11.5 Å². The molecule has 0 spiro atoms. The van der Waals surface area contributed by atoms with Crippen LogP contribution in [0.1, 0.15) is 42.5 Å². The van der Waals surface area contributed by atoms with E-state index in [1.165, 1.54) is 33.4 Å². The molecule has 0 saturated heterocycles. The summed E-state index contributed by atoms with van der Waals surface area (Å²) in [5.41, 5.74) is 7.88. The molecule has 0 bridgehead atoms. The molecule has 1 aliphatic carbocycles. The highest BCUT2D eigenvalue weighted by Crippen LogP contribution is 2.42. The van der Waals surface area contributed by atoms with Gasteiger partial charge in [-0.2, -0.15) is 0 Å². The first-order chi connectivity index (χ1) is 15.7. The fraction of sp³-hybridized carbons (Fsp3) is 0.310. The maximum absolute atomic E-state index is 6.02. The summed E-state index contributed by atoms with van der Waals surface area (Å²) in [6, 6.07) is 25.8. The number of benzene rings is 3. The second-order valence-corrected chi connectivity index (χ2v) is 8.14. The number of nitrogens with zero attached hydrogens (tertiary/aromatic N) is 1. The number of likely N-dealkylation sites (N-methyl/N-ethyl adjacent to an activating group) is 1. The number of fused-ring (bicyclic) bond motifs is 1. The third-order valence-electron chi connectivity index (χ3n) is 6.36.